The van der Waals surface area contributed by atoms with E-state index in [1.807, 2.05) is 0 Å². The number of carboxylic acids is 2. The van der Waals surface area contributed by atoms with E-state index in [0.29, 0.717) is 16.5 Å². The van der Waals surface area contributed by atoms with Gasteiger partial charge in [-0.1, -0.05) is 43.6 Å². The second kappa shape index (κ2) is 9.22. The number of carboxylic acid groups (broad SMARTS) is 2. The van der Waals surface area contributed by atoms with Gasteiger partial charge >= 0.3 is 11.9 Å². The lowest BCUT2D eigenvalue weighted by atomic mass is 9.91. The summed E-state index contributed by atoms with van der Waals surface area (Å²) in [4.78, 5) is 19.1. The molecule has 0 saturated heterocycles. The van der Waals surface area contributed by atoms with Gasteiger partial charge in [-0.15, -0.1) is 0 Å². The number of alkyl halides is 1. The first-order chi connectivity index (χ1) is 7.69. The molecule has 0 aromatic rings. The predicted molar refractivity (Wildman–Crippen MR) is 71.5 cm³/mol. The topological polar surface area (TPSA) is 74.6 Å². The van der Waals surface area contributed by atoms with Gasteiger partial charge in [0.25, 0.3) is 0 Å². The van der Waals surface area contributed by atoms with Crippen LogP contribution in [-0.4, -0.2) is 26.5 Å². The molecule has 0 aliphatic carbocycles. The highest BCUT2D eigenvalue weighted by Gasteiger charge is 2.25. The molecule has 4 nitrogen and oxygen atoms in total. The molecular formula is C12H21BrO4. The summed E-state index contributed by atoms with van der Waals surface area (Å²) < 4.78 is 0.396. The number of carbonyl (C=O) groups is 2. The Bertz CT molecular complexity index is 252. The van der Waals surface area contributed by atoms with E-state index < -0.39 is 11.9 Å². The molecule has 0 aromatic carbocycles. The Morgan fingerprint density at radius 2 is 1.41 bits per heavy atom. The van der Waals surface area contributed by atoms with Crippen LogP contribution in [-0.2, 0) is 9.59 Å². The summed E-state index contributed by atoms with van der Waals surface area (Å²) in [5.41, 5.74) is 0. The fourth-order valence-electron chi connectivity index (χ4n) is 1.21. The molecule has 2 N–H and O–H groups in total. The van der Waals surface area contributed by atoms with Crippen molar-refractivity contribution >= 4 is 27.9 Å². The summed E-state index contributed by atoms with van der Waals surface area (Å²) in [5, 5.41) is 15.6. The lowest BCUT2D eigenvalue weighted by Crippen LogP contribution is -2.25. The second-order valence-electron chi connectivity index (χ2n) is 3.91. The van der Waals surface area contributed by atoms with Gasteiger partial charge in [-0.05, 0) is 18.8 Å². The minimum Gasteiger partial charge on any atom is -0.478 e. The first-order valence-electron chi connectivity index (χ1n) is 5.52. The molecule has 0 saturated carbocycles. The van der Waals surface area contributed by atoms with Crippen LogP contribution in [0.5, 0.6) is 0 Å². The molecule has 0 rings (SSSR count). The van der Waals surface area contributed by atoms with Crippen LogP contribution in [0.15, 0.2) is 12.2 Å². The SMILES string of the molecule is CCC(Br)(CC)C(C)C.O=C(O)/C=C\C(=O)O. The van der Waals surface area contributed by atoms with Crippen LogP contribution in [0.25, 0.3) is 0 Å². The first kappa shape index (κ1) is 18.5. The third-order valence-corrected chi connectivity index (χ3v) is 4.62. The van der Waals surface area contributed by atoms with Crippen molar-refractivity contribution in [3.63, 3.8) is 0 Å². The van der Waals surface area contributed by atoms with Crippen LogP contribution < -0.4 is 0 Å². The first-order valence-corrected chi connectivity index (χ1v) is 6.31. The quantitative estimate of drug-likeness (QED) is 0.603. The monoisotopic (exact) mass is 308 g/mol. The number of hydrogen-bond acceptors (Lipinski definition) is 2. The number of aliphatic carboxylic acids is 2. The summed E-state index contributed by atoms with van der Waals surface area (Å²) in [6.07, 6.45) is 3.56. The fourth-order valence-corrected chi connectivity index (χ4v) is 1.21. The molecule has 0 aliphatic rings. The van der Waals surface area contributed by atoms with Gasteiger partial charge in [-0.25, -0.2) is 9.59 Å². The molecule has 0 aromatic heterocycles. The maximum absolute atomic E-state index is 9.55. The fraction of sp³-hybridized carbons (Fsp3) is 0.667. The zero-order valence-corrected chi connectivity index (χ0v) is 12.3. The minimum atomic E-state index is -1.26. The van der Waals surface area contributed by atoms with Gasteiger partial charge in [-0.3, -0.25) is 0 Å². The van der Waals surface area contributed by atoms with Crippen LogP contribution in [0.1, 0.15) is 40.5 Å². The smallest absolute Gasteiger partial charge is 0.328 e. The van der Waals surface area contributed by atoms with Crippen LogP contribution in [0.4, 0.5) is 0 Å². The molecular weight excluding hydrogens is 288 g/mol. The number of halogens is 1. The van der Waals surface area contributed by atoms with Gasteiger partial charge in [0.05, 0.1) is 0 Å². The van der Waals surface area contributed by atoms with E-state index in [1.54, 1.807) is 0 Å². The van der Waals surface area contributed by atoms with Gasteiger partial charge in [0.2, 0.25) is 0 Å². The molecule has 0 aliphatic heterocycles. The van der Waals surface area contributed by atoms with Crippen LogP contribution in [0.2, 0.25) is 0 Å². The minimum absolute atomic E-state index is 0.396. The molecule has 100 valence electrons. The van der Waals surface area contributed by atoms with Crippen molar-refractivity contribution in [2.45, 2.75) is 44.9 Å². The van der Waals surface area contributed by atoms with Crippen molar-refractivity contribution in [3.8, 4) is 0 Å². The Hall–Kier alpha value is -0.840. The average molecular weight is 309 g/mol. The Morgan fingerprint density at radius 3 is 1.47 bits per heavy atom. The maximum atomic E-state index is 9.55. The molecule has 0 fully saturated rings. The van der Waals surface area contributed by atoms with Gasteiger partial charge in [0.1, 0.15) is 0 Å². The third-order valence-electron chi connectivity index (χ3n) is 2.58. The highest BCUT2D eigenvalue weighted by atomic mass is 79.9. The zero-order chi connectivity index (χ0) is 14.1. The summed E-state index contributed by atoms with van der Waals surface area (Å²) in [7, 11) is 0. The van der Waals surface area contributed by atoms with Crippen molar-refractivity contribution in [2.75, 3.05) is 0 Å². The molecule has 0 amide bonds. The van der Waals surface area contributed by atoms with Crippen molar-refractivity contribution in [1.29, 1.82) is 0 Å². The third kappa shape index (κ3) is 10.1. The molecule has 0 bridgehead atoms. The molecule has 0 atom stereocenters. The van der Waals surface area contributed by atoms with E-state index in [2.05, 4.69) is 43.6 Å². The highest BCUT2D eigenvalue weighted by Crippen LogP contribution is 2.34. The second-order valence-corrected chi connectivity index (χ2v) is 5.49. The Labute approximate surface area is 111 Å². The van der Waals surface area contributed by atoms with E-state index in [1.165, 1.54) is 12.8 Å². The molecule has 17 heavy (non-hydrogen) atoms. The van der Waals surface area contributed by atoms with Crippen molar-refractivity contribution in [3.05, 3.63) is 12.2 Å². The van der Waals surface area contributed by atoms with Crippen LogP contribution in [0, 0.1) is 5.92 Å². The molecule has 0 spiro atoms. The van der Waals surface area contributed by atoms with E-state index >= 15 is 0 Å². The van der Waals surface area contributed by atoms with Gasteiger partial charge in [0.15, 0.2) is 0 Å². The van der Waals surface area contributed by atoms with Crippen molar-refractivity contribution in [1.82, 2.24) is 0 Å². The Balaban J connectivity index is 0. The standard InChI is InChI=1S/C8H17Br.C4H4O4/c1-5-8(9,6-2)7(3)4;5-3(6)1-2-4(7)8/h7H,5-6H2,1-4H3;1-2H,(H,5,6)(H,7,8)/b;2-1-. The lowest BCUT2D eigenvalue weighted by molar-refractivity contribution is -0.134. The van der Waals surface area contributed by atoms with Gasteiger partial charge in [0, 0.05) is 16.5 Å². The predicted octanol–water partition coefficient (Wildman–Crippen LogP) is 3.31. The maximum Gasteiger partial charge on any atom is 0.328 e. The van der Waals surface area contributed by atoms with Crippen LogP contribution >= 0.6 is 15.9 Å². The van der Waals surface area contributed by atoms with E-state index in [9.17, 15) is 9.59 Å². The Morgan fingerprint density at radius 1 is 1.12 bits per heavy atom. The highest BCUT2D eigenvalue weighted by molar-refractivity contribution is 9.10. The molecule has 5 heteroatoms. The molecule has 0 heterocycles. The van der Waals surface area contributed by atoms with Crippen molar-refractivity contribution in [2.24, 2.45) is 5.92 Å². The lowest BCUT2D eigenvalue weighted by Gasteiger charge is -2.28. The van der Waals surface area contributed by atoms with E-state index in [-0.39, 0.29) is 0 Å². The van der Waals surface area contributed by atoms with E-state index in [0.717, 1.165) is 5.92 Å². The summed E-state index contributed by atoms with van der Waals surface area (Å²) in [6.45, 7) is 9.00. The Kier molecular flexibility index (Phi) is 10.0. The van der Waals surface area contributed by atoms with Crippen molar-refractivity contribution < 1.29 is 19.8 Å². The zero-order valence-electron chi connectivity index (χ0n) is 10.7. The average Bonchev–Trinajstić information content (AvgIpc) is 2.25. The molecule has 0 radical (unpaired) electrons. The van der Waals surface area contributed by atoms with E-state index in [4.69, 9.17) is 10.2 Å². The summed E-state index contributed by atoms with van der Waals surface area (Å²) >= 11 is 3.75. The van der Waals surface area contributed by atoms with Gasteiger partial charge < -0.3 is 10.2 Å². The normalized spacial score (nSPS) is 11.2. The van der Waals surface area contributed by atoms with Gasteiger partial charge in [-0.2, -0.15) is 0 Å². The summed E-state index contributed by atoms with van der Waals surface area (Å²) in [6, 6.07) is 0. The summed E-state index contributed by atoms with van der Waals surface area (Å²) in [5.74, 6) is -1.77. The molecule has 0 unspecified atom stereocenters. The largest absolute Gasteiger partial charge is 0.478 e. The number of hydrogen-bond donors (Lipinski definition) is 2. The van der Waals surface area contributed by atoms with Crippen LogP contribution in [0.3, 0.4) is 0 Å². The number of rotatable bonds is 5.